The number of esters is 1. The highest BCUT2D eigenvalue weighted by Gasteiger charge is 2.29. The topological polar surface area (TPSA) is 98.5 Å². The number of ether oxygens (including phenoxy) is 1. The predicted molar refractivity (Wildman–Crippen MR) is 78.7 cm³/mol. The maximum atomic E-state index is 12.1. The molecule has 1 aliphatic rings. The van der Waals surface area contributed by atoms with Gasteiger partial charge in [0.15, 0.2) is 0 Å². The molecule has 3 N–H and O–H groups in total. The number of carbonyl (C=O) groups is 1. The lowest BCUT2D eigenvalue weighted by molar-refractivity contribution is 0.0601. The van der Waals surface area contributed by atoms with Crippen LogP contribution < -0.4 is 10.5 Å². The molecule has 2 rings (SSSR count). The number of nitrogens with two attached hydrogens (primary N) is 1. The van der Waals surface area contributed by atoms with Crippen LogP contribution in [0.5, 0.6) is 0 Å². The molecule has 0 bridgehead atoms. The average molecular weight is 333 g/mol. The van der Waals surface area contributed by atoms with Crippen LogP contribution in [0.3, 0.4) is 0 Å². The van der Waals surface area contributed by atoms with Crippen molar-refractivity contribution < 1.29 is 17.9 Å². The zero-order chi connectivity index (χ0) is 15.6. The quantitative estimate of drug-likeness (QED) is 0.761. The van der Waals surface area contributed by atoms with Gasteiger partial charge in [0.1, 0.15) is 0 Å². The molecule has 21 heavy (non-hydrogen) atoms. The highest BCUT2D eigenvalue weighted by atomic mass is 35.5. The lowest BCUT2D eigenvalue weighted by Crippen LogP contribution is -2.38. The Bertz CT molecular complexity index is 644. The van der Waals surface area contributed by atoms with Crippen molar-refractivity contribution in [1.29, 1.82) is 0 Å². The van der Waals surface area contributed by atoms with Crippen molar-refractivity contribution in [3.63, 3.8) is 0 Å². The molecule has 1 aromatic rings. The molecule has 0 radical (unpaired) electrons. The molecular weight excluding hydrogens is 316 g/mol. The van der Waals surface area contributed by atoms with Crippen LogP contribution >= 0.6 is 11.6 Å². The Labute approximate surface area is 128 Å². The first-order chi connectivity index (χ1) is 9.85. The second kappa shape index (κ2) is 6.31. The van der Waals surface area contributed by atoms with Crippen molar-refractivity contribution in [3.8, 4) is 0 Å². The molecule has 0 aliphatic heterocycles. The fourth-order valence-corrected chi connectivity index (χ4v) is 3.34. The van der Waals surface area contributed by atoms with Gasteiger partial charge in [0.05, 0.1) is 22.6 Å². The number of hydrogen-bond acceptors (Lipinski definition) is 5. The second-order valence-electron chi connectivity index (χ2n) is 4.99. The third-order valence-electron chi connectivity index (χ3n) is 3.39. The Morgan fingerprint density at radius 3 is 2.71 bits per heavy atom. The fraction of sp³-hybridized carbons (Fsp3) is 0.462. The number of rotatable bonds is 6. The van der Waals surface area contributed by atoms with E-state index in [1.807, 2.05) is 0 Å². The summed E-state index contributed by atoms with van der Waals surface area (Å²) in [5, 5.41) is 0.0243. The minimum absolute atomic E-state index is 0.0110. The molecule has 0 heterocycles. The minimum Gasteiger partial charge on any atom is -0.465 e. The maximum Gasteiger partial charge on any atom is 0.339 e. The SMILES string of the molecule is COC(=O)c1ccc(S(=O)(=O)NCC(N)C2CC2)cc1Cl. The number of carbonyl (C=O) groups excluding carboxylic acids is 1. The number of hydrogen-bond donors (Lipinski definition) is 2. The number of sulfonamides is 1. The summed E-state index contributed by atoms with van der Waals surface area (Å²) >= 11 is 5.91. The zero-order valence-corrected chi connectivity index (χ0v) is 13.1. The number of methoxy groups -OCH3 is 1. The van der Waals surface area contributed by atoms with E-state index >= 15 is 0 Å². The minimum atomic E-state index is -3.70. The largest absolute Gasteiger partial charge is 0.465 e. The van der Waals surface area contributed by atoms with E-state index < -0.39 is 16.0 Å². The summed E-state index contributed by atoms with van der Waals surface area (Å²) in [6.07, 6.45) is 2.09. The third-order valence-corrected chi connectivity index (χ3v) is 5.13. The van der Waals surface area contributed by atoms with Crippen LogP contribution in [0.1, 0.15) is 23.2 Å². The molecule has 1 unspecified atom stereocenters. The molecule has 1 atom stereocenters. The van der Waals surface area contributed by atoms with Gasteiger partial charge in [-0.3, -0.25) is 0 Å². The zero-order valence-electron chi connectivity index (χ0n) is 11.5. The Balaban J connectivity index is 2.12. The molecule has 0 saturated heterocycles. The van der Waals surface area contributed by atoms with E-state index in [1.165, 1.54) is 25.3 Å². The van der Waals surface area contributed by atoms with Crippen molar-refractivity contribution >= 4 is 27.6 Å². The summed E-state index contributed by atoms with van der Waals surface area (Å²) in [5.74, 6) is -0.217. The molecule has 6 nitrogen and oxygen atoms in total. The van der Waals surface area contributed by atoms with Gasteiger partial charge in [0, 0.05) is 12.6 Å². The summed E-state index contributed by atoms with van der Waals surface area (Å²) in [6, 6.07) is 3.68. The summed E-state index contributed by atoms with van der Waals surface area (Å²) in [7, 11) is -2.47. The summed E-state index contributed by atoms with van der Waals surface area (Å²) in [4.78, 5) is 11.4. The molecule has 0 amide bonds. The smallest absolute Gasteiger partial charge is 0.339 e. The third kappa shape index (κ3) is 3.94. The summed E-state index contributed by atoms with van der Waals surface area (Å²) < 4.78 is 31.3. The number of halogens is 1. The summed E-state index contributed by atoms with van der Waals surface area (Å²) in [5.41, 5.74) is 5.98. The monoisotopic (exact) mass is 332 g/mol. The van der Waals surface area contributed by atoms with E-state index in [1.54, 1.807) is 0 Å². The Kier molecular flexibility index (Phi) is 4.88. The average Bonchev–Trinajstić information content (AvgIpc) is 3.28. The van der Waals surface area contributed by atoms with Crippen LogP contribution in [-0.4, -0.2) is 34.1 Å². The molecule has 1 aromatic carbocycles. The van der Waals surface area contributed by atoms with Gasteiger partial charge in [-0.05, 0) is 37.0 Å². The van der Waals surface area contributed by atoms with Crippen molar-refractivity contribution in [2.75, 3.05) is 13.7 Å². The van der Waals surface area contributed by atoms with E-state index in [0.717, 1.165) is 12.8 Å². The first-order valence-electron chi connectivity index (χ1n) is 6.48. The van der Waals surface area contributed by atoms with E-state index in [-0.39, 0.29) is 28.1 Å². The van der Waals surface area contributed by atoms with E-state index in [2.05, 4.69) is 9.46 Å². The normalized spacial score (nSPS) is 16.5. The molecule has 116 valence electrons. The van der Waals surface area contributed by atoms with E-state index in [0.29, 0.717) is 5.92 Å². The predicted octanol–water partition coefficient (Wildman–Crippen LogP) is 1.14. The number of nitrogens with one attached hydrogen (secondary N) is 1. The van der Waals surface area contributed by atoms with Gasteiger partial charge in [0.2, 0.25) is 10.0 Å². The van der Waals surface area contributed by atoms with Crippen LogP contribution in [0.25, 0.3) is 0 Å². The molecule has 0 spiro atoms. The molecule has 0 aromatic heterocycles. The van der Waals surface area contributed by atoms with Crippen LogP contribution in [-0.2, 0) is 14.8 Å². The van der Waals surface area contributed by atoms with Gasteiger partial charge < -0.3 is 10.5 Å². The highest BCUT2D eigenvalue weighted by Crippen LogP contribution is 2.31. The fourth-order valence-electron chi connectivity index (χ4n) is 1.92. The van der Waals surface area contributed by atoms with Gasteiger partial charge in [-0.15, -0.1) is 0 Å². The first kappa shape index (κ1) is 16.2. The van der Waals surface area contributed by atoms with Gasteiger partial charge >= 0.3 is 5.97 Å². The van der Waals surface area contributed by atoms with Gasteiger partial charge in [-0.2, -0.15) is 0 Å². The van der Waals surface area contributed by atoms with E-state index in [9.17, 15) is 13.2 Å². The molecule has 1 aliphatic carbocycles. The van der Waals surface area contributed by atoms with Gasteiger partial charge in [-0.1, -0.05) is 11.6 Å². The van der Waals surface area contributed by atoms with E-state index in [4.69, 9.17) is 17.3 Å². The molecule has 8 heteroatoms. The van der Waals surface area contributed by atoms with Crippen molar-refractivity contribution in [1.82, 2.24) is 4.72 Å². The van der Waals surface area contributed by atoms with Crippen molar-refractivity contribution in [2.24, 2.45) is 11.7 Å². The molecule has 1 fully saturated rings. The summed E-state index contributed by atoms with van der Waals surface area (Å²) in [6.45, 7) is 0.184. The lowest BCUT2D eigenvalue weighted by Gasteiger charge is -2.12. The maximum absolute atomic E-state index is 12.1. The number of benzene rings is 1. The first-order valence-corrected chi connectivity index (χ1v) is 8.34. The standard InChI is InChI=1S/C13H17ClN2O4S/c1-20-13(17)10-5-4-9(6-11(10)14)21(18,19)16-7-12(15)8-2-3-8/h4-6,8,12,16H,2-3,7,15H2,1H3. The van der Waals surface area contributed by atoms with Gasteiger partial charge in [0.25, 0.3) is 0 Å². The van der Waals surface area contributed by atoms with Crippen LogP contribution in [0.4, 0.5) is 0 Å². The van der Waals surface area contributed by atoms with Crippen molar-refractivity contribution in [2.45, 2.75) is 23.8 Å². The Morgan fingerprint density at radius 1 is 1.52 bits per heavy atom. The van der Waals surface area contributed by atoms with Gasteiger partial charge in [-0.25, -0.2) is 17.9 Å². The second-order valence-corrected chi connectivity index (χ2v) is 7.16. The van der Waals surface area contributed by atoms with Crippen LogP contribution in [0.15, 0.2) is 23.1 Å². The Morgan fingerprint density at radius 2 is 2.19 bits per heavy atom. The van der Waals surface area contributed by atoms with Crippen LogP contribution in [0.2, 0.25) is 5.02 Å². The lowest BCUT2D eigenvalue weighted by atomic mass is 10.2. The van der Waals surface area contributed by atoms with Crippen LogP contribution in [0, 0.1) is 5.92 Å². The molecule has 1 saturated carbocycles. The Hall–Kier alpha value is -1.15. The van der Waals surface area contributed by atoms with Crippen molar-refractivity contribution in [3.05, 3.63) is 28.8 Å². The molecular formula is C13H17ClN2O4S. The highest BCUT2D eigenvalue weighted by molar-refractivity contribution is 7.89.